The Morgan fingerprint density at radius 3 is 1.66 bits per heavy atom. The summed E-state index contributed by atoms with van der Waals surface area (Å²) >= 11 is 6.54. The number of benzene rings is 5. The van der Waals surface area contributed by atoms with Gasteiger partial charge in [-0.3, -0.25) is 29.0 Å². The van der Waals surface area contributed by atoms with Crippen LogP contribution in [0, 0.1) is 29.6 Å². The Kier molecular flexibility index (Phi) is 8.85. The maximum Gasteiger partial charge on any atom is 0.238 e. The van der Waals surface area contributed by atoms with Crippen LogP contribution in [0.4, 0.5) is 34.1 Å². The molecule has 4 aliphatic rings. The zero-order valence-corrected chi connectivity index (χ0v) is 31.0. The second kappa shape index (κ2) is 14.0. The average molecular weight is 765 g/mol. The Balaban J connectivity index is 1.06. The number of methoxy groups -OCH3 is 1. The van der Waals surface area contributed by atoms with Crippen molar-refractivity contribution in [1.82, 2.24) is 0 Å². The highest BCUT2D eigenvalue weighted by molar-refractivity contribution is 6.32. The number of hydrogen-bond donors (Lipinski definition) is 3. The number of anilines is 6. The number of aromatic hydroxyl groups is 1. The molecular formula is C45H37ClN4O6. The molecule has 10 nitrogen and oxygen atoms in total. The minimum absolute atomic E-state index is 0.0333. The third-order valence-electron chi connectivity index (χ3n) is 11.7. The van der Waals surface area contributed by atoms with E-state index in [0.717, 1.165) is 28.3 Å². The van der Waals surface area contributed by atoms with Crippen LogP contribution in [0.2, 0.25) is 5.02 Å². The Morgan fingerprint density at radius 1 is 0.625 bits per heavy atom. The maximum absolute atomic E-state index is 14.6. The molecule has 9 rings (SSSR count). The molecular weight excluding hydrogens is 728 g/mol. The molecule has 0 bridgehead atoms. The summed E-state index contributed by atoms with van der Waals surface area (Å²) in [6, 6.07) is 36.9. The minimum atomic E-state index is -0.818. The molecule has 0 aromatic heterocycles. The number of nitrogens with one attached hydrogen (secondary N) is 2. The zero-order chi connectivity index (χ0) is 38.7. The second-order valence-electron chi connectivity index (χ2n) is 14.7. The molecule has 2 aliphatic heterocycles. The van der Waals surface area contributed by atoms with E-state index in [1.54, 1.807) is 36.4 Å². The van der Waals surface area contributed by atoms with Crippen molar-refractivity contribution in [2.75, 3.05) is 27.5 Å². The van der Waals surface area contributed by atoms with E-state index in [9.17, 15) is 24.3 Å². The normalized spacial score (nSPS) is 24.0. The van der Waals surface area contributed by atoms with Gasteiger partial charge in [-0.25, -0.2) is 0 Å². The number of nitrogens with zero attached hydrogens (tertiary/aromatic N) is 2. The molecule has 3 fully saturated rings. The molecule has 2 saturated heterocycles. The van der Waals surface area contributed by atoms with Gasteiger partial charge in [-0.1, -0.05) is 59.6 Å². The highest BCUT2D eigenvalue weighted by atomic mass is 35.5. The molecule has 0 spiro atoms. The van der Waals surface area contributed by atoms with E-state index in [0.29, 0.717) is 23.4 Å². The van der Waals surface area contributed by atoms with Gasteiger partial charge in [0.05, 0.1) is 47.2 Å². The minimum Gasteiger partial charge on any atom is -0.503 e. The van der Waals surface area contributed by atoms with Gasteiger partial charge in [0.2, 0.25) is 23.6 Å². The Morgan fingerprint density at radius 2 is 1.12 bits per heavy atom. The van der Waals surface area contributed by atoms with Crippen molar-refractivity contribution < 1.29 is 29.0 Å². The van der Waals surface area contributed by atoms with Crippen LogP contribution >= 0.6 is 11.6 Å². The number of hydrogen-bond acceptors (Lipinski definition) is 8. The number of ether oxygens (including phenoxy) is 1. The molecule has 2 heterocycles. The number of rotatable bonds is 8. The SMILES string of the molecule is COc1cc([C@H]2C3=CC[C@@H]4C(=O)N(c5ccc(Nc6ccccc6)cc5)C(=O)[C@@H]4[C@@H]3C[C@H]3C(=O)N(c4ccc(Nc5ccccc5)cc4)C(=O)[C@@H]23)cc(Cl)c1O. The molecule has 6 atom stereocenters. The highest BCUT2D eigenvalue weighted by Gasteiger charge is 2.62. The first-order valence-electron chi connectivity index (χ1n) is 18.6. The zero-order valence-electron chi connectivity index (χ0n) is 30.3. The topological polar surface area (TPSA) is 128 Å². The lowest BCUT2D eigenvalue weighted by atomic mass is 9.57. The maximum atomic E-state index is 14.6. The third-order valence-corrected chi connectivity index (χ3v) is 11.9. The van der Waals surface area contributed by atoms with Gasteiger partial charge in [-0.2, -0.15) is 0 Å². The standard InChI is InChI=1S/C45H37ClN4O6/c1-56-37-23-25(22-36(46)41(37)51)38-32-20-21-33-39(44(54)49(42(33)52)30-16-12-28(13-17-30)47-26-8-4-2-5-9-26)34(32)24-35-40(38)45(55)50(43(35)53)31-18-14-29(15-19-31)48-27-10-6-3-7-11-27/h2-20,22-23,33-35,38-40,47-48,51H,21,24H2,1H3/t33-,34+,35+,38-,39-,40+/m0/s1. The van der Waals surface area contributed by atoms with Crippen molar-refractivity contribution in [2.45, 2.75) is 18.8 Å². The van der Waals surface area contributed by atoms with Crippen molar-refractivity contribution in [3.63, 3.8) is 0 Å². The molecule has 11 heteroatoms. The van der Waals surface area contributed by atoms with Crippen LogP contribution in [-0.2, 0) is 19.2 Å². The van der Waals surface area contributed by atoms with Crippen LogP contribution in [0.15, 0.2) is 133 Å². The molecule has 1 saturated carbocycles. The fourth-order valence-corrected chi connectivity index (χ4v) is 9.38. The molecule has 0 unspecified atom stereocenters. The first kappa shape index (κ1) is 35.3. The van der Waals surface area contributed by atoms with Gasteiger partial charge in [-0.05, 0) is 109 Å². The lowest BCUT2D eigenvalue weighted by molar-refractivity contribution is -0.126. The van der Waals surface area contributed by atoms with Crippen LogP contribution in [0.25, 0.3) is 0 Å². The number of phenols is 1. The lowest BCUT2D eigenvalue weighted by Gasteiger charge is -2.44. The number of allylic oxidation sites excluding steroid dienone is 2. The van der Waals surface area contributed by atoms with Crippen LogP contribution in [0.1, 0.15) is 24.3 Å². The van der Waals surface area contributed by atoms with Crippen molar-refractivity contribution in [1.29, 1.82) is 0 Å². The van der Waals surface area contributed by atoms with Gasteiger partial charge < -0.3 is 20.5 Å². The fraction of sp³-hybridized carbons (Fsp3) is 0.200. The van der Waals surface area contributed by atoms with Crippen LogP contribution in [0.3, 0.4) is 0 Å². The predicted molar refractivity (Wildman–Crippen MR) is 214 cm³/mol. The van der Waals surface area contributed by atoms with Gasteiger partial charge in [0.1, 0.15) is 0 Å². The second-order valence-corrected chi connectivity index (χ2v) is 15.1. The van der Waals surface area contributed by atoms with Crippen molar-refractivity contribution in [3.8, 4) is 11.5 Å². The number of amides is 4. The first-order chi connectivity index (χ1) is 27.2. The summed E-state index contributed by atoms with van der Waals surface area (Å²) in [5, 5.41) is 17.3. The summed E-state index contributed by atoms with van der Waals surface area (Å²) in [6.07, 6.45) is 2.49. The monoisotopic (exact) mass is 764 g/mol. The highest BCUT2D eigenvalue weighted by Crippen LogP contribution is 2.59. The summed E-state index contributed by atoms with van der Waals surface area (Å²) in [4.78, 5) is 60.3. The molecule has 280 valence electrons. The van der Waals surface area contributed by atoms with Crippen LogP contribution in [0.5, 0.6) is 11.5 Å². The molecule has 2 aliphatic carbocycles. The molecule has 3 N–H and O–H groups in total. The van der Waals surface area contributed by atoms with Gasteiger partial charge >= 0.3 is 0 Å². The molecule has 5 aromatic carbocycles. The van der Waals surface area contributed by atoms with Crippen molar-refractivity contribution >= 4 is 69.4 Å². The summed E-state index contributed by atoms with van der Waals surface area (Å²) in [5.41, 5.74) is 5.70. The molecule has 5 aromatic rings. The summed E-state index contributed by atoms with van der Waals surface area (Å²) in [6.45, 7) is 0. The smallest absolute Gasteiger partial charge is 0.238 e. The third kappa shape index (κ3) is 5.88. The Bertz CT molecular complexity index is 2400. The fourth-order valence-electron chi connectivity index (χ4n) is 9.17. The number of fused-ring (bicyclic) bond motifs is 4. The van der Waals surface area contributed by atoms with Gasteiger partial charge in [0.15, 0.2) is 11.5 Å². The van der Waals surface area contributed by atoms with E-state index < -0.39 is 35.5 Å². The molecule has 56 heavy (non-hydrogen) atoms. The first-order valence-corrected chi connectivity index (χ1v) is 19.0. The van der Waals surface area contributed by atoms with Gasteiger partial charge in [0, 0.05) is 28.7 Å². The van der Waals surface area contributed by atoms with E-state index in [-0.39, 0.29) is 46.6 Å². The van der Waals surface area contributed by atoms with Crippen molar-refractivity contribution in [3.05, 3.63) is 144 Å². The predicted octanol–water partition coefficient (Wildman–Crippen LogP) is 8.59. The average Bonchev–Trinajstić information content (AvgIpc) is 3.63. The Hall–Kier alpha value is -6.39. The lowest BCUT2D eigenvalue weighted by Crippen LogP contribution is -2.43. The number of phenolic OH excluding ortho intramolecular Hbond substituents is 1. The molecule has 4 amide bonds. The summed E-state index contributed by atoms with van der Waals surface area (Å²) in [5.74, 6) is -5.59. The van der Waals surface area contributed by atoms with Gasteiger partial charge in [0.25, 0.3) is 0 Å². The van der Waals surface area contributed by atoms with Gasteiger partial charge in [-0.15, -0.1) is 0 Å². The van der Waals surface area contributed by atoms with Crippen LogP contribution in [-0.4, -0.2) is 35.8 Å². The summed E-state index contributed by atoms with van der Waals surface area (Å²) < 4.78 is 5.47. The van der Waals surface area contributed by atoms with E-state index >= 15 is 0 Å². The largest absolute Gasteiger partial charge is 0.503 e. The van der Waals surface area contributed by atoms with E-state index in [4.69, 9.17) is 16.3 Å². The van der Waals surface area contributed by atoms with E-state index in [2.05, 4.69) is 10.6 Å². The number of para-hydroxylation sites is 2. The molecule has 0 radical (unpaired) electrons. The summed E-state index contributed by atoms with van der Waals surface area (Å²) in [7, 11) is 1.41. The Labute approximate surface area is 328 Å². The quantitative estimate of drug-likeness (QED) is 0.106. The number of halogens is 1. The van der Waals surface area contributed by atoms with Crippen molar-refractivity contribution in [2.24, 2.45) is 29.6 Å². The van der Waals surface area contributed by atoms with E-state index in [1.165, 1.54) is 16.9 Å². The number of carbonyl (C=O) groups is 4. The van der Waals surface area contributed by atoms with E-state index in [1.807, 2.05) is 91.0 Å². The van der Waals surface area contributed by atoms with Crippen LogP contribution < -0.4 is 25.2 Å². The number of imide groups is 2. The number of carbonyl (C=O) groups excluding carboxylic acids is 4.